The number of benzene rings is 2. The van der Waals surface area contributed by atoms with Gasteiger partial charge in [-0.25, -0.2) is 4.79 Å². The van der Waals surface area contributed by atoms with Crippen molar-refractivity contribution in [2.24, 2.45) is 5.92 Å². The molecule has 0 aromatic heterocycles. The van der Waals surface area contributed by atoms with E-state index in [1.165, 1.54) is 21.2 Å². The van der Waals surface area contributed by atoms with Crippen molar-refractivity contribution in [2.45, 2.75) is 62.5 Å². The molecule has 0 saturated carbocycles. The Labute approximate surface area is 252 Å². The molecule has 7 nitrogen and oxygen atoms in total. The molecule has 0 bridgehead atoms. The van der Waals surface area contributed by atoms with Crippen molar-refractivity contribution in [2.75, 3.05) is 36.0 Å². The van der Waals surface area contributed by atoms with E-state index >= 15 is 0 Å². The van der Waals surface area contributed by atoms with Crippen molar-refractivity contribution in [1.82, 2.24) is 10.6 Å². The first-order chi connectivity index (χ1) is 19.7. The lowest BCUT2D eigenvalue weighted by molar-refractivity contribution is 0.0527. The van der Waals surface area contributed by atoms with Crippen molar-refractivity contribution in [1.29, 1.82) is 0 Å². The number of nitrogens with one attached hydrogen (secondary N) is 2. The Hall–Kier alpha value is -3.01. The molecule has 41 heavy (non-hydrogen) atoms. The number of rotatable bonds is 9. The van der Waals surface area contributed by atoms with Crippen LogP contribution in [0.4, 0.5) is 16.2 Å². The largest absolute Gasteiger partial charge is 0.444 e. The lowest BCUT2D eigenvalue weighted by atomic mass is 9.78. The van der Waals surface area contributed by atoms with E-state index in [1.807, 2.05) is 20.8 Å². The number of alkyl carbamates (subject to hydrolysis) is 1. The third-order valence-electron chi connectivity index (χ3n) is 7.15. The van der Waals surface area contributed by atoms with Gasteiger partial charge in [-0.3, -0.25) is 0 Å². The van der Waals surface area contributed by atoms with E-state index in [2.05, 4.69) is 95.0 Å². The molecule has 1 aliphatic carbocycles. The quantitative estimate of drug-likeness (QED) is 0.278. The normalized spacial score (nSPS) is 21.7. The predicted octanol–water partition coefficient (Wildman–Crippen LogP) is 6.68. The lowest BCUT2D eigenvalue weighted by Gasteiger charge is -2.38. The minimum absolute atomic E-state index is 0.143. The van der Waals surface area contributed by atoms with E-state index in [-0.39, 0.29) is 5.92 Å². The molecule has 2 atom stereocenters. The molecule has 0 radical (unpaired) electrons. The summed E-state index contributed by atoms with van der Waals surface area (Å²) in [5.41, 5.74) is 3.86. The number of thioether (sulfide) groups is 2. The van der Waals surface area contributed by atoms with Gasteiger partial charge in [0.05, 0.1) is 33.5 Å². The van der Waals surface area contributed by atoms with Gasteiger partial charge in [0, 0.05) is 47.2 Å². The third kappa shape index (κ3) is 6.42. The smallest absolute Gasteiger partial charge is 0.407 e. The molecule has 0 fully saturated rings. The van der Waals surface area contributed by atoms with Crippen LogP contribution in [0.3, 0.4) is 0 Å². The zero-order valence-electron chi connectivity index (χ0n) is 24.4. The van der Waals surface area contributed by atoms with Gasteiger partial charge in [0.15, 0.2) is 0 Å². The van der Waals surface area contributed by atoms with Gasteiger partial charge in [-0.15, -0.1) is 0 Å². The number of nitrogens with zero attached hydrogens (tertiary/aromatic N) is 2. The van der Waals surface area contributed by atoms with Crippen LogP contribution >= 0.6 is 23.5 Å². The number of hydrogen-bond donors (Lipinski definition) is 3. The number of carbonyl (C=O) groups excluding carboxylic acids is 1. The molecular weight excluding hydrogens is 553 g/mol. The molecule has 0 saturated heterocycles. The maximum Gasteiger partial charge on any atom is 0.407 e. The van der Waals surface area contributed by atoms with E-state index in [0.29, 0.717) is 13.1 Å². The third-order valence-corrected chi connectivity index (χ3v) is 9.39. The van der Waals surface area contributed by atoms with Crippen LogP contribution in [-0.4, -0.2) is 49.1 Å². The molecule has 2 heterocycles. The molecule has 2 aliphatic heterocycles. The standard InChI is InChI=1S/C32H40N4O3S2/c1-6-35-23-13-8-10-15-25(23)40-27(35)19-21-29(33-17-12-18-34-31(38)39-32(3,4)5)22(30(21)37)20-28-36(7-2)24-14-9-11-16-26(24)41-28/h8-11,13-16,19-21,30,33,37H,6-7,12,17-18H2,1-5H3,(H,34,38). The minimum Gasteiger partial charge on any atom is -0.444 e. The molecule has 2 aromatic rings. The van der Waals surface area contributed by atoms with Gasteiger partial charge in [-0.2, -0.15) is 0 Å². The molecule has 2 aromatic carbocycles. The number of fused-ring (bicyclic) bond motifs is 2. The number of anilines is 2. The molecule has 2 unspecified atom stereocenters. The zero-order chi connectivity index (χ0) is 29.1. The summed E-state index contributed by atoms with van der Waals surface area (Å²) in [7, 11) is 0. The highest BCUT2D eigenvalue weighted by Gasteiger charge is 2.39. The highest BCUT2D eigenvalue weighted by Crippen LogP contribution is 2.50. The van der Waals surface area contributed by atoms with Crippen LogP contribution in [0.25, 0.3) is 0 Å². The topological polar surface area (TPSA) is 77.1 Å². The van der Waals surface area contributed by atoms with Crippen molar-refractivity contribution < 1.29 is 14.6 Å². The Bertz CT molecular complexity index is 1380. The summed E-state index contributed by atoms with van der Waals surface area (Å²) in [6, 6.07) is 16.9. The average molecular weight is 593 g/mol. The van der Waals surface area contributed by atoms with E-state index in [0.717, 1.165) is 40.8 Å². The Morgan fingerprint density at radius 1 is 0.951 bits per heavy atom. The number of carbonyl (C=O) groups is 1. The zero-order valence-corrected chi connectivity index (χ0v) is 26.1. The number of aliphatic hydroxyl groups excluding tert-OH is 1. The summed E-state index contributed by atoms with van der Waals surface area (Å²) in [5, 5.41) is 20.2. The Morgan fingerprint density at radius 2 is 1.54 bits per heavy atom. The summed E-state index contributed by atoms with van der Waals surface area (Å²) in [5.74, 6) is -0.143. The highest BCUT2D eigenvalue weighted by atomic mass is 32.2. The first kappa shape index (κ1) is 29.5. The van der Waals surface area contributed by atoms with Crippen LogP contribution in [0.5, 0.6) is 0 Å². The van der Waals surface area contributed by atoms with Gasteiger partial charge in [0.2, 0.25) is 0 Å². The van der Waals surface area contributed by atoms with Crippen LogP contribution in [0, 0.1) is 5.92 Å². The second kappa shape index (κ2) is 12.5. The van der Waals surface area contributed by atoms with E-state index < -0.39 is 17.8 Å². The van der Waals surface area contributed by atoms with Crippen molar-refractivity contribution >= 4 is 41.0 Å². The summed E-state index contributed by atoms with van der Waals surface area (Å²) in [4.78, 5) is 19.1. The number of para-hydroxylation sites is 2. The van der Waals surface area contributed by atoms with Crippen LogP contribution in [0.1, 0.15) is 41.0 Å². The predicted molar refractivity (Wildman–Crippen MR) is 170 cm³/mol. The first-order valence-electron chi connectivity index (χ1n) is 14.4. The molecule has 5 rings (SSSR count). The number of hydrogen-bond acceptors (Lipinski definition) is 8. The van der Waals surface area contributed by atoms with Crippen molar-refractivity contribution in [3.05, 3.63) is 82.0 Å². The maximum absolute atomic E-state index is 12.0. The number of amides is 1. The molecule has 9 heteroatoms. The fourth-order valence-corrected chi connectivity index (χ4v) is 7.64. The van der Waals surface area contributed by atoms with E-state index in [9.17, 15) is 9.90 Å². The van der Waals surface area contributed by atoms with Crippen LogP contribution in [0.15, 0.2) is 91.8 Å². The average Bonchev–Trinajstić information content (AvgIpc) is 3.48. The van der Waals surface area contributed by atoms with Gasteiger partial charge in [-0.05, 0) is 77.5 Å². The van der Waals surface area contributed by atoms with Crippen LogP contribution < -0.4 is 20.4 Å². The molecule has 218 valence electrons. The van der Waals surface area contributed by atoms with Gasteiger partial charge >= 0.3 is 6.09 Å². The van der Waals surface area contributed by atoms with E-state index in [4.69, 9.17) is 4.74 Å². The maximum atomic E-state index is 12.0. The number of aliphatic hydroxyl groups is 1. The van der Waals surface area contributed by atoms with Crippen LogP contribution in [0.2, 0.25) is 0 Å². The molecule has 3 N–H and O–H groups in total. The Balaban J connectivity index is 1.36. The van der Waals surface area contributed by atoms with Gasteiger partial charge in [0.25, 0.3) is 0 Å². The molecular formula is C32H40N4O3S2. The number of ether oxygens (including phenoxy) is 1. The molecule has 1 amide bonds. The Morgan fingerprint density at radius 3 is 2.15 bits per heavy atom. The van der Waals surface area contributed by atoms with Gasteiger partial charge in [0.1, 0.15) is 5.60 Å². The monoisotopic (exact) mass is 592 g/mol. The first-order valence-corrected chi connectivity index (χ1v) is 16.0. The summed E-state index contributed by atoms with van der Waals surface area (Å²) in [6.07, 6.45) is 4.07. The summed E-state index contributed by atoms with van der Waals surface area (Å²) >= 11 is 3.50. The van der Waals surface area contributed by atoms with Crippen molar-refractivity contribution in [3.8, 4) is 0 Å². The second-order valence-electron chi connectivity index (χ2n) is 11.2. The minimum atomic E-state index is -0.608. The highest BCUT2D eigenvalue weighted by molar-refractivity contribution is 8.04. The van der Waals surface area contributed by atoms with Gasteiger partial charge in [-0.1, -0.05) is 47.8 Å². The summed E-state index contributed by atoms with van der Waals surface area (Å²) in [6.45, 7) is 12.8. The molecule has 3 aliphatic rings. The Kier molecular flexibility index (Phi) is 8.97. The fraction of sp³-hybridized carbons (Fsp3) is 0.406. The fourth-order valence-electron chi connectivity index (χ4n) is 5.26. The SMILES string of the molecule is CCN1C(=CC2=C(NCCCNC(=O)OC(C)(C)C)C(C=C3Sc4ccccc4N3CC)C2O)Sc2ccccc21. The molecule has 0 spiro atoms. The lowest BCUT2D eigenvalue weighted by Crippen LogP contribution is -2.42. The van der Waals surface area contributed by atoms with Crippen molar-refractivity contribution in [3.63, 3.8) is 0 Å². The van der Waals surface area contributed by atoms with Gasteiger partial charge < -0.3 is 30.3 Å². The summed E-state index contributed by atoms with van der Waals surface area (Å²) < 4.78 is 5.35. The van der Waals surface area contributed by atoms with Crippen LogP contribution in [-0.2, 0) is 4.74 Å². The van der Waals surface area contributed by atoms with E-state index in [1.54, 1.807) is 23.5 Å². The second-order valence-corrected chi connectivity index (χ2v) is 13.3.